The van der Waals surface area contributed by atoms with E-state index in [4.69, 9.17) is 16.3 Å². The number of allylic oxidation sites excluding steroid dienone is 2. The summed E-state index contributed by atoms with van der Waals surface area (Å²) in [5.41, 5.74) is 4.49. The first kappa shape index (κ1) is 26.8. The molecular formula is C30H33ClN4O2S. The maximum atomic E-state index is 13.8. The Labute approximate surface area is 233 Å². The van der Waals surface area contributed by atoms with Crippen molar-refractivity contribution >= 4 is 35.1 Å². The van der Waals surface area contributed by atoms with Crippen LogP contribution in [0, 0.1) is 0 Å². The van der Waals surface area contributed by atoms with E-state index in [1.807, 2.05) is 47.0 Å². The number of nitrogens with zero attached hydrogens (tertiary/aromatic N) is 3. The second-order valence-corrected chi connectivity index (χ2v) is 11.0. The fourth-order valence-corrected chi connectivity index (χ4v) is 6.15. The summed E-state index contributed by atoms with van der Waals surface area (Å²) in [5.74, 6) is 0.839. The van der Waals surface area contributed by atoms with E-state index in [-0.39, 0.29) is 24.5 Å². The minimum atomic E-state index is -0.277. The van der Waals surface area contributed by atoms with Crippen molar-refractivity contribution in [2.45, 2.75) is 55.7 Å². The number of fused-ring (bicyclic) bond motifs is 1. The van der Waals surface area contributed by atoms with Gasteiger partial charge in [-0.05, 0) is 84.7 Å². The number of carbonyl (C=O) groups is 1. The maximum Gasteiger partial charge on any atom is 0.230 e. The lowest BCUT2D eigenvalue weighted by molar-refractivity contribution is -0.120. The topological polar surface area (TPSA) is 59.4 Å². The first-order valence-corrected chi connectivity index (χ1v) is 14.2. The Kier molecular flexibility index (Phi) is 8.69. The number of ether oxygens (including phenoxy) is 1. The van der Waals surface area contributed by atoms with Crippen molar-refractivity contribution in [1.29, 1.82) is 0 Å². The number of rotatable bonds is 10. The zero-order valence-electron chi connectivity index (χ0n) is 21.8. The molecule has 2 aromatic carbocycles. The first-order valence-electron chi connectivity index (χ1n) is 13.0. The second-order valence-electron chi connectivity index (χ2n) is 9.70. The molecule has 1 aromatic heterocycles. The number of methoxy groups -OCH3 is 1. The minimum absolute atomic E-state index is 0.00971. The zero-order chi connectivity index (χ0) is 26.5. The van der Waals surface area contributed by atoms with Gasteiger partial charge in [0.05, 0.1) is 19.1 Å². The quantitative estimate of drug-likeness (QED) is 0.290. The largest absolute Gasteiger partial charge is 0.376 e. The van der Waals surface area contributed by atoms with Crippen LogP contribution in [0.2, 0.25) is 5.02 Å². The monoisotopic (exact) mass is 548 g/mol. The van der Waals surface area contributed by atoms with E-state index in [0.717, 1.165) is 52.7 Å². The molecule has 0 radical (unpaired) electrons. The molecule has 6 nitrogen and oxygen atoms in total. The van der Waals surface area contributed by atoms with E-state index in [1.165, 1.54) is 11.1 Å². The molecule has 0 fully saturated rings. The van der Waals surface area contributed by atoms with Gasteiger partial charge in [0.2, 0.25) is 5.91 Å². The van der Waals surface area contributed by atoms with Crippen LogP contribution < -0.4 is 9.62 Å². The average Bonchev–Trinajstić information content (AvgIpc) is 3.54. The Balaban J connectivity index is 1.39. The fourth-order valence-electron chi connectivity index (χ4n) is 5.04. The highest BCUT2D eigenvalue weighted by atomic mass is 35.5. The number of aromatic nitrogens is 2. The van der Waals surface area contributed by atoms with Gasteiger partial charge in [0.25, 0.3) is 0 Å². The van der Waals surface area contributed by atoms with Gasteiger partial charge in [-0.2, -0.15) is 0 Å². The van der Waals surface area contributed by atoms with Gasteiger partial charge >= 0.3 is 0 Å². The number of anilines is 1. The molecule has 1 heterocycles. The summed E-state index contributed by atoms with van der Waals surface area (Å²) >= 11 is 7.76. The molecule has 3 aromatic rings. The van der Waals surface area contributed by atoms with E-state index in [2.05, 4.69) is 46.1 Å². The number of amides is 1. The molecule has 198 valence electrons. The number of benzene rings is 2. The van der Waals surface area contributed by atoms with Gasteiger partial charge in [0.15, 0.2) is 0 Å². The number of aryl methyl sites for hydroxylation is 2. The molecule has 1 N–H and O–H groups in total. The number of hydrogen-bond acceptors (Lipinski definition) is 5. The molecule has 5 rings (SSSR count). The van der Waals surface area contributed by atoms with Crippen LogP contribution in [0.25, 0.3) is 0 Å². The van der Waals surface area contributed by atoms with Gasteiger partial charge < -0.3 is 14.2 Å². The number of halogens is 1. The Morgan fingerprint density at radius 3 is 2.92 bits per heavy atom. The van der Waals surface area contributed by atoms with E-state index in [9.17, 15) is 4.79 Å². The molecule has 1 amide bonds. The predicted octanol–water partition coefficient (Wildman–Crippen LogP) is 6.57. The lowest BCUT2D eigenvalue weighted by atomic mass is 9.99. The molecule has 0 spiro atoms. The molecule has 2 atom stereocenters. The van der Waals surface area contributed by atoms with Gasteiger partial charge in [-0.3, -0.25) is 9.52 Å². The molecule has 0 bridgehead atoms. The number of carbonyl (C=O) groups excluding carboxylic acids is 1. The summed E-state index contributed by atoms with van der Waals surface area (Å²) in [5, 5.41) is 0.725. The molecule has 2 aliphatic carbocycles. The standard InChI is InChI=1S/C30H33ClN4O2S/c1-34-16-15-32-29(34)20-35(30(36)19-28(37-2)22-7-4-3-5-8-22)24-13-11-21-12-14-27(26(21)18-24)33-38-25-10-6-9-23(31)17-25/h4,6-11,13,15-18,27-28,33H,3,5,12,14,19-20H2,1-2H3/t27-,28+/m1/s1. The summed E-state index contributed by atoms with van der Waals surface area (Å²) < 4.78 is 11.3. The third kappa shape index (κ3) is 6.24. The van der Waals surface area contributed by atoms with Crippen LogP contribution in [0.1, 0.15) is 48.7 Å². The summed E-state index contributed by atoms with van der Waals surface area (Å²) in [4.78, 5) is 21.3. The van der Waals surface area contributed by atoms with Gasteiger partial charge in [-0.1, -0.05) is 42.0 Å². The average molecular weight is 549 g/mol. The molecular weight excluding hydrogens is 516 g/mol. The van der Waals surface area contributed by atoms with Crippen LogP contribution in [0.15, 0.2) is 83.6 Å². The van der Waals surface area contributed by atoms with Gasteiger partial charge in [-0.15, -0.1) is 0 Å². The van der Waals surface area contributed by atoms with Crippen LogP contribution in [0.5, 0.6) is 0 Å². The first-order chi connectivity index (χ1) is 18.5. The van der Waals surface area contributed by atoms with Gasteiger partial charge in [0.1, 0.15) is 5.82 Å². The highest BCUT2D eigenvalue weighted by molar-refractivity contribution is 7.97. The molecule has 38 heavy (non-hydrogen) atoms. The second kappa shape index (κ2) is 12.3. The van der Waals surface area contributed by atoms with E-state index in [0.29, 0.717) is 6.54 Å². The number of imidazole rings is 1. The van der Waals surface area contributed by atoms with Crippen LogP contribution in [-0.4, -0.2) is 28.7 Å². The SMILES string of the molecule is CO[C@@H](CC(=O)N(Cc1nccn1C)c1ccc2c(c1)[C@H](NSc1cccc(Cl)c1)CC2)C1=CCCC=C1. The minimum Gasteiger partial charge on any atom is -0.376 e. The Bertz CT molecular complexity index is 1350. The summed E-state index contributed by atoms with van der Waals surface area (Å²) in [6, 6.07) is 14.4. The summed E-state index contributed by atoms with van der Waals surface area (Å²) in [6.45, 7) is 0.391. The van der Waals surface area contributed by atoms with Crippen LogP contribution in [0.4, 0.5) is 5.69 Å². The molecule has 2 aliphatic rings. The van der Waals surface area contributed by atoms with Crippen LogP contribution in [-0.2, 0) is 29.5 Å². The third-order valence-corrected chi connectivity index (χ3v) is 8.32. The van der Waals surface area contributed by atoms with Crippen LogP contribution >= 0.6 is 23.5 Å². The smallest absolute Gasteiger partial charge is 0.230 e. The Hall–Kier alpha value is -2.84. The normalized spacial score (nSPS) is 17.2. The molecule has 0 aliphatic heterocycles. The Morgan fingerprint density at radius 2 is 2.18 bits per heavy atom. The van der Waals surface area contributed by atoms with Crippen LogP contribution in [0.3, 0.4) is 0 Å². The fraction of sp³-hybridized carbons (Fsp3) is 0.333. The summed E-state index contributed by atoms with van der Waals surface area (Å²) in [7, 11) is 3.63. The van der Waals surface area contributed by atoms with E-state index >= 15 is 0 Å². The van der Waals surface area contributed by atoms with E-state index < -0.39 is 0 Å². The lowest BCUT2D eigenvalue weighted by Crippen LogP contribution is -2.35. The van der Waals surface area contributed by atoms with Crippen molar-refractivity contribution in [2.75, 3.05) is 12.0 Å². The van der Waals surface area contributed by atoms with Crippen molar-refractivity contribution in [2.24, 2.45) is 7.05 Å². The van der Waals surface area contributed by atoms with Crippen molar-refractivity contribution in [3.05, 3.63) is 101 Å². The highest BCUT2D eigenvalue weighted by Gasteiger charge is 2.27. The number of hydrogen-bond donors (Lipinski definition) is 1. The number of nitrogens with one attached hydrogen (secondary N) is 1. The third-order valence-electron chi connectivity index (χ3n) is 7.20. The maximum absolute atomic E-state index is 13.8. The molecule has 0 saturated carbocycles. The highest BCUT2D eigenvalue weighted by Crippen LogP contribution is 2.37. The predicted molar refractivity (Wildman–Crippen MR) is 154 cm³/mol. The van der Waals surface area contributed by atoms with Gasteiger partial charge in [-0.25, -0.2) is 4.98 Å². The van der Waals surface area contributed by atoms with Crippen molar-refractivity contribution in [3.8, 4) is 0 Å². The Morgan fingerprint density at radius 1 is 1.29 bits per heavy atom. The summed E-state index contributed by atoms with van der Waals surface area (Å²) in [6.07, 6.45) is 14.1. The molecule has 0 unspecified atom stereocenters. The molecule has 8 heteroatoms. The zero-order valence-corrected chi connectivity index (χ0v) is 23.3. The van der Waals surface area contributed by atoms with Crippen molar-refractivity contribution in [1.82, 2.24) is 14.3 Å². The van der Waals surface area contributed by atoms with Gasteiger partial charge in [0, 0.05) is 48.2 Å². The molecule has 0 saturated heterocycles. The lowest BCUT2D eigenvalue weighted by Gasteiger charge is -2.27. The van der Waals surface area contributed by atoms with Crippen molar-refractivity contribution in [3.63, 3.8) is 0 Å². The van der Waals surface area contributed by atoms with Crippen molar-refractivity contribution < 1.29 is 9.53 Å². The van der Waals surface area contributed by atoms with E-state index in [1.54, 1.807) is 25.3 Å².